The van der Waals surface area contributed by atoms with Crippen molar-refractivity contribution in [1.82, 2.24) is 0 Å². The molecule has 0 bridgehead atoms. The third kappa shape index (κ3) is 8.78. The van der Waals surface area contributed by atoms with Crippen molar-refractivity contribution in [2.45, 2.75) is 235 Å². The fourth-order valence-electron chi connectivity index (χ4n) is 14.5. The topological polar surface area (TPSA) is 270 Å². The lowest BCUT2D eigenvalue weighted by molar-refractivity contribution is -0.348. The number of aliphatic hydroxyl groups excluding tert-OH is 5. The molecule has 19 nitrogen and oxygen atoms in total. The van der Waals surface area contributed by atoms with E-state index in [4.69, 9.17) is 48.2 Å². The van der Waals surface area contributed by atoms with E-state index in [1.807, 2.05) is 6.92 Å². The second kappa shape index (κ2) is 18.9. The zero-order valence-electron chi connectivity index (χ0n) is 39.1. The lowest BCUT2D eigenvalue weighted by Crippen LogP contribution is -2.62. The van der Waals surface area contributed by atoms with Crippen LogP contribution in [0.2, 0.25) is 0 Å². The van der Waals surface area contributed by atoms with Crippen molar-refractivity contribution in [1.29, 1.82) is 0 Å². The van der Waals surface area contributed by atoms with E-state index in [2.05, 4.69) is 23.9 Å². The molecular formula is C47H73N3O16. The van der Waals surface area contributed by atoms with Crippen LogP contribution in [0.5, 0.6) is 0 Å². The molecule has 5 heterocycles. The average Bonchev–Trinajstić information content (AvgIpc) is 3.81. The Morgan fingerprint density at radius 1 is 0.682 bits per heavy atom. The number of hydrogen-bond acceptors (Lipinski definition) is 17. The molecule has 19 heteroatoms. The molecule has 0 aromatic heterocycles. The normalized spacial score (nSPS) is 54.0. The zero-order chi connectivity index (χ0) is 47.0. The molecule has 0 aromatic rings. The summed E-state index contributed by atoms with van der Waals surface area (Å²) in [6, 6.07) is -1.02. The number of carbonyl (C=O) groups excluding carboxylic acids is 1. The van der Waals surface area contributed by atoms with Crippen LogP contribution in [0.4, 0.5) is 0 Å². The molecular weight excluding hydrogens is 863 g/mol. The number of carbonyl (C=O) groups is 1. The monoisotopic (exact) mass is 935 g/mol. The zero-order valence-corrected chi connectivity index (χ0v) is 39.1. The summed E-state index contributed by atoms with van der Waals surface area (Å²) < 4.78 is 54.5. The highest BCUT2D eigenvalue weighted by atomic mass is 16.8. The maximum absolute atomic E-state index is 12.6. The average molecular weight is 936 g/mol. The molecule has 372 valence electrons. The highest BCUT2D eigenvalue weighted by molar-refractivity contribution is 5.85. The number of rotatable bonds is 10. The number of cyclic esters (lactones) is 1. The molecule has 9 aliphatic rings. The van der Waals surface area contributed by atoms with Crippen molar-refractivity contribution in [3.8, 4) is 0 Å². The summed E-state index contributed by atoms with van der Waals surface area (Å²) in [5.41, 5.74) is 8.94. The summed E-state index contributed by atoms with van der Waals surface area (Å²) in [7, 11) is 0. The van der Waals surface area contributed by atoms with E-state index in [0.29, 0.717) is 18.4 Å². The highest BCUT2D eigenvalue weighted by Crippen LogP contribution is 2.70. The van der Waals surface area contributed by atoms with E-state index in [1.165, 1.54) is 0 Å². The molecule has 9 rings (SSSR count). The van der Waals surface area contributed by atoms with E-state index < -0.39 is 110 Å². The molecule has 5 aliphatic heterocycles. The van der Waals surface area contributed by atoms with Crippen LogP contribution >= 0.6 is 0 Å². The van der Waals surface area contributed by atoms with Crippen LogP contribution in [0.15, 0.2) is 16.8 Å². The van der Waals surface area contributed by atoms with Crippen molar-refractivity contribution in [2.24, 2.45) is 39.6 Å². The SMILES string of the molecule is CC1O[C@@H](OC2C(C)O[C@@H](O[C@H]3CCC4(C)C5CCC6(C)[C@@H](C7=CC(=O)OC7)CC[C@]6(O)[C@@H]5CC[C@@H]4C3)C[C@H]2O)C[C@@H](O)C1O[C@H]1C[C@@H](O)C(O[C@H]2OC(C)[C@@H](N=[N+]=[N-])C(O)C2O)C(C)O1. The van der Waals surface area contributed by atoms with Gasteiger partial charge in [-0.1, -0.05) is 19.0 Å². The molecule has 4 saturated heterocycles. The number of hydrogen-bond donors (Lipinski definition) is 6. The van der Waals surface area contributed by atoms with E-state index in [-0.39, 0.29) is 54.0 Å². The van der Waals surface area contributed by atoms with E-state index in [9.17, 15) is 35.4 Å². The fourth-order valence-corrected chi connectivity index (χ4v) is 14.5. The van der Waals surface area contributed by atoms with Crippen LogP contribution in [0.1, 0.15) is 119 Å². The quantitative estimate of drug-likeness (QED) is 0.0602. The smallest absolute Gasteiger partial charge is 0.331 e. The van der Waals surface area contributed by atoms with Gasteiger partial charge in [0, 0.05) is 35.7 Å². The van der Waals surface area contributed by atoms with Crippen LogP contribution in [0.3, 0.4) is 0 Å². The predicted molar refractivity (Wildman–Crippen MR) is 229 cm³/mol. The third-order valence-corrected chi connectivity index (χ3v) is 18.1. The van der Waals surface area contributed by atoms with Crippen molar-refractivity contribution in [3.05, 3.63) is 22.1 Å². The lowest BCUT2D eigenvalue weighted by Gasteiger charge is -2.64. The molecule has 66 heavy (non-hydrogen) atoms. The van der Waals surface area contributed by atoms with E-state index in [0.717, 1.165) is 63.4 Å². The van der Waals surface area contributed by atoms with Crippen molar-refractivity contribution < 1.29 is 78.1 Å². The van der Waals surface area contributed by atoms with E-state index in [1.54, 1.807) is 26.8 Å². The van der Waals surface area contributed by atoms with Crippen LogP contribution in [-0.2, 0) is 47.4 Å². The molecule has 0 aromatic carbocycles. The molecule has 6 N–H and O–H groups in total. The standard InChI is InChI=1S/C47H73N3O16/c1-21-38(49-50-48)39(55)40(56)44(62-21)66-43-24(4)61-37(19-33(43)53)65-42-23(3)60-36(18-32(42)52)64-41-22(2)59-35(17-31(41)51)63-27-9-12-45(5)26(16-27)7-8-30-29(45)10-13-46(6)28(11-14-47(30,46)57)25-15-34(54)58-20-25/h15,21-24,26-33,35-44,51-53,55-57H,7-14,16-20H2,1-6H3/t21?,22?,23?,24?,26-,27+,28-,29?,30-,31-,32-,33-,35+,36+,37+,38-,39?,40?,41?,42?,43?,44-,45?,46?,47+/m1/s1. The largest absolute Gasteiger partial charge is 0.458 e. The van der Waals surface area contributed by atoms with Gasteiger partial charge in [-0.2, -0.15) is 0 Å². The summed E-state index contributed by atoms with van der Waals surface area (Å²) in [6.07, 6.45) is -4.62. The Morgan fingerprint density at radius 2 is 1.27 bits per heavy atom. The Kier molecular flexibility index (Phi) is 14.1. The first-order chi connectivity index (χ1) is 31.3. The van der Waals surface area contributed by atoms with Gasteiger partial charge in [-0.25, -0.2) is 4.79 Å². The third-order valence-electron chi connectivity index (χ3n) is 18.1. The van der Waals surface area contributed by atoms with Crippen molar-refractivity contribution >= 4 is 5.97 Å². The second-order valence-electron chi connectivity index (χ2n) is 21.7. The number of aliphatic hydroxyl groups is 6. The van der Waals surface area contributed by atoms with Gasteiger partial charge >= 0.3 is 5.97 Å². The Labute approximate surface area is 386 Å². The van der Waals surface area contributed by atoms with Crippen LogP contribution in [0.25, 0.3) is 10.4 Å². The van der Waals surface area contributed by atoms with Gasteiger partial charge in [0.2, 0.25) is 0 Å². The minimum absolute atomic E-state index is 0.0115. The number of fused-ring (bicyclic) bond motifs is 5. The van der Waals surface area contributed by atoms with Gasteiger partial charge in [-0.3, -0.25) is 0 Å². The molecule has 8 fully saturated rings. The Morgan fingerprint density at radius 3 is 1.83 bits per heavy atom. The Hall–Kier alpha value is -2.04. The van der Waals surface area contributed by atoms with Gasteiger partial charge in [-0.05, 0) is 126 Å². The van der Waals surface area contributed by atoms with Crippen molar-refractivity contribution in [2.75, 3.05) is 6.61 Å². The van der Waals surface area contributed by atoms with Gasteiger partial charge in [-0.15, -0.1) is 0 Å². The first kappa shape index (κ1) is 49.0. The van der Waals surface area contributed by atoms with Gasteiger partial charge in [0.15, 0.2) is 25.2 Å². The summed E-state index contributed by atoms with van der Waals surface area (Å²) >= 11 is 0. The Bertz CT molecular complexity index is 1810. The minimum Gasteiger partial charge on any atom is -0.458 e. The number of ether oxygens (including phenoxy) is 9. The number of nitrogens with zero attached hydrogens (tertiary/aromatic N) is 3. The number of azide groups is 1. The van der Waals surface area contributed by atoms with Crippen LogP contribution in [0, 0.1) is 34.5 Å². The maximum atomic E-state index is 12.6. The minimum atomic E-state index is -1.54. The summed E-state index contributed by atoms with van der Waals surface area (Å²) in [5, 5.41) is 71.0. The molecule has 12 unspecified atom stereocenters. The Balaban J connectivity index is 0.728. The van der Waals surface area contributed by atoms with Crippen LogP contribution < -0.4 is 0 Å². The maximum Gasteiger partial charge on any atom is 0.331 e. The first-order valence-corrected chi connectivity index (χ1v) is 24.6. The van der Waals surface area contributed by atoms with Gasteiger partial charge in [0.1, 0.15) is 31.0 Å². The summed E-state index contributed by atoms with van der Waals surface area (Å²) in [5.74, 6) is 1.02. The molecule has 4 aliphatic carbocycles. The van der Waals surface area contributed by atoms with Crippen molar-refractivity contribution in [3.63, 3.8) is 0 Å². The second-order valence-corrected chi connectivity index (χ2v) is 21.7. The summed E-state index contributed by atoms with van der Waals surface area (Å²) in [4.78, 5) is 14.7. The van der Waals surface area contributed by atoms with Gasteiger partial charge < -0.3 is 73.3 Å². The number of esters is 1. The van der Waals surface area contributed by atoms with Gasteiger partial charge in [0.05, 0.1) is 66.6 Å². The molecule has 0 amide bonds. The summed E-state index contributed by atoms with van der Waals surface area (Å²) in [6.45, 7) is 11.9. The van der Waals surface area contributed by atoms with Gasteiger partial charge in [0.25, 0.3) is 0 Å². The lowest BCUT2D eigenvalue weighted by atomic mass is 9.43. The molecule has 0 spiro atoms. The fraction of sp³-hybridized carbons (Fsp3) is 0.936. The molecule has 4 saturated carbocycles. The van der Waals surface area contributed by atoms with E-state index >= 15 is 0 Å². The van der Waals surface area contributed by atoms with Crippen LogP contribution in [-0.4, -0.2) is 159 Å². The molecule has 25 atom stereocenters. The molecule has 0 radical (unpaired) electrons. The first-order valence-electron chi connectivity index (χ1n) is 24.6. The predicted octanol–water partition coefficient (Wildman–Crippen LogP) is 3.42. The highest BCUT2D eigenvalue weighted by Gasteiger charge is 2.68.